The van der Waals surface area contributed by atoms with Crippen LogP contribution in [0.2, 0.25) is 13.1 Å². The lowest BCUT2D eigenvalue weighted by Gasteiger charge is -2.12. The lowest BCUT2D eigenvalue weighted by Crippen LogP contribution is -2.11. The van der Waals surface area contributed by atoms with E-state index in [1.165, 1.54) is 5.56 Å². The van der Waals surface area contributed by atoms with Gasteiger partial charge >= 0.3 is 0 Å². The van der Waals surface area contributed by atoms with Gasteiger partial charge in [-0.25, -0.2) is 9.98 Å². The number of aliphatic imine (C=N–C) groups is 1. The summed E-state index contributed by atoms with van der Waals surface area (Å²) in [6.07, 6.45) is 2.00. The van der Waals surface area contributed by atoms with E-state index in [0.717, 1.165) is 28.7 Å². The molecule has 0 bridgehead atoms. The van der Waals surface area contributed by atoms with Crippen molar-refractivity contribution in [2.24, 2.45) is 12.0 Å². The molecule has 1 heterocycles. The van der Waals surface area contributed by atoms with Crippen LogP contribution in [-0.4, -0.2) is 24.3 Å². The van der Waals surface area contributed by atoms with Crippen molar-refractivity contribution in [3.8, 4) is 5.75 Å². The maximum Gasteiger partial charge on any atom is 0.274 e. The van der Waals surface area contributed by atoms with Gasteiger partial charge in [-0.05, 0) is 51.6 Å². The highest BCUT2D eigenvalue weighted by molar-refractivity contribution is 6.49. The van der Waals surface area contributed by atoms with Crippen LogP contribution in [0.25, 0.3) is 0 Å². The van der Waals surface area contributed by atoms with Crippen LogP contribution >= 0.6 is 0 Å². The molecule has 0 spiro atoms. The van der Waals surface area contributed by atoms with Gasteiger partial charge in [-0.3, -0.25) is 0 Å². The zero-order valence-electron chi connectivity index (χ0n) is 13.6. The molecule has 0 fully saturated rings. The molecule has 0 atom stereocenters. The fraction of sp³-hybridized carbons (Fsp3) is 0.375. The Balaban J connectivity index is 2.39. The molecule has 1 aromatic heterocycles. The molecule has 21 heavy (non-hydrogen) atoms. The summed E-state index contributed by atoms with van der Waals surface area (Å²) in [5, 5.41) is 0. The van der Waals surface area contributed by atoms with Crippen LogP contribution in [0.3, 0.4) is 0 Å². The Morgan fingerprint density at radius 3 is 2.57 bits per heavy atom. The molecule has 0 N–H and O–H groups in total. The van der Waals surface area contributed by atoms with Crippen molar-refractivity contribution in [2.75, 3.05) is 0 Å². The Labute approximate surface area is 128 Å². The quantitative estimate of drug-likeness (QED) is 0.636. The summed E-state index contributed by atoms with van der Waals surface area (Å²) < 4.78 is 7.96. The molecular weight excluding hydrogens is 278 g/mol. The first-order chi connectivity index (χ1) is 9.86. The van der Waals surface area contributed by atoms with Crippen molar-refractivity contribution >= 4 is 20.4 Å². The second kappa shape index (κ2) is 6.26. The van der Waals surface area contributed by atoms with Gasteiger partial charge in [-0.1, -0.05) is 6.07 Å². The molecule has 111 valence electrons. The van der Waals surface area contributed by atoms with Crippen molar-refractivity contribution in [3.05, 3.63) is 41.5 Å². The van der Waals surface area contributed by atoms with Gasteiger partial charge in [-0.2, -0.15) is 0 Å². The molecular formula is C16H22N3OSi. The van der Waals surface area contributed by atoms with Gasteiger partial charge in [0, 0.05) is 13.2 Å². The van der Waals surface area contributed by atoms with Crippen molar-refractivity contribution < 1.29 is 4.43 Å². The topological polar surface area (TPSA) is 39.4 Å². The Bertz CT molecular complexity index is 655. The molecule has 0 saturated heterocycles. The van der Waals surface area contributed by atoms with Crippen molar-refractivity contribution in [2.45, 2.75) is 33.9 Å². The first kappa shape index (κ1) is 15.5. The lowest BCUT2D eigenvalue weighted by molar-refractivity contribution is 0.581. The number of hydrogen-bond acceptors (Lipinski definition) is 3. The van der Waals surface area contributed by atoms with Gasteiger partial charge in [0.1, 0.15) is 23.0 Å². The number of imidazole rings is 1. The Kier molecular flexibility index (Phi) is 4.62. The number of benzene rings is 1. The highest BCUT2D eigenvalue weighted by Gasteiger charge is 2.09. The molecule has 4 nitrogen and oxygen atoms in total. The zero-order valence-corrected chi connectivity index (χ0v) is 14.6. The maximum absolute atomic E-state index is 5.96. The van der Waals surface area contributed by atoms with Crippen LogP contribution in [0.5, 0.6) is 5.75 Å². The first-order valence-electron chi connectivity index (χ1n) is 7.01. The van der Waals surface area contributed by atoms with E-state index >= 15 is 0 Å². The van der Waals surface area contributed by atoms with E-state index in [9.17, 15) is 0 Å². The third-order valence-electron chi connectivity index (χ3n) is 3.20. The van der Waals surface area contributed by atoms with E-state index in [0.29, 0.717) is 0 Å². The van der Waals surface area contributed by atoms with E-state index in [1.54, 1.807) is 0 Å². The van der Waals surface area contributed by atoms with Gasteiger partial charge < -0.3 is 8.99 Å². The normalized spacial score (nSPS) is 12.0. The number of aryl methyl sites for hydroxylation is 3. The van der Waals surface area contributed by atoms with Crippen LogP contribution < -0.4 is 4.43 Å². The lowest BCUT2D eigenvalue weighted by atomic mass is 10.2. The molecule has 0 unspecified atom stereocenters. The minimum atomic E-state index is -0.816. The van der Waals surface area contributed by atoms with Crippen molar-refractivity contribution in [1.29, 1.82) is 0 Å². The van der Waals surface area contributed by atoms with E-state index in [1.807, 2.05) is 43.8 Å². The highest BCUT2D eigenvalue weighted by Crippen LogP contribution is 2.29. The molecule has 2 rings (SSSR count). The summed E-state index contributed by atoms with van der Waals surface area (Å²) in [4.78, 5) is 9.22. The van der Waals surface area contributed by atoms with E-state index < -0.39 is 9.04 Å². The van der Waals surface area contributed by atoms with Gasteiger partial charge in [0.2, 0.25) is 0 Å². The molecule has 1 radical (unpaired) electrons. The predicted molar refractivity (Wildman–Crippen MR) is 89.1 cm³/mol. The molecule has 0 aliphatic carbocycles. The predicted octanol–water partition coefficient (Wildman–Crippen LogP) is 3.81. The summed E-state index contributed by atoms with van der Waals surface area (Å²) in [5.74, 6) is 1.84. The summed E-state index contributed by atoms with van der Waals surface area (Å²) in [6, 6.07) is 6.11. The number of nitrogens with zero attached hydrogens (tertiary/aromatic N) is 3. The SMILES string of the molecule is CC(=Nc1ccc(C)cc1O[Si](C)C)c1cn(C)c(C)n1. The van der Waals surface area contributed by atoms with Crippen molar-refractivity contribution in [1.82, 2.24) is 9.55 Å². The van der Waals surface area contributed by atoms with E-state index in [2.05, 4.69) is 31.1 Å². The summed E-state index contributed by atoms with van der Waals surface area (Å²) in [7, 11) is 1.17. The highest BCUT2D eigenvalue weighted by atomic mass is 28.3. The molecule has 0 saturated carbocycles. The minimum Gasteiger partial charge on any atom is -0.541 e. The second-order valence-electron chi connectivity index (χ2n) is 5.46. The fourth-order valence-corrected chi connectivity index (χ4v) is 2.59. The van der Waals surface area contributed by atoms with Gasteiger partial charge in [-0.15, -0.1) is 0 Å². The fourth-order valence-electron chi connectivity index (χ4n) is 1.99. The minimum absolute atomic E-state index is 0.816. The van der Waals surface area contributed by atoms with Crippen LogP contribution in [-0.2, 0) is 7.05 Å². The Morgan fingerprint density at radius 2 is 2.00 bits per heavy atom. The molecule has 1 aromatic carbocycles. The Morgan fingerprint density at radius 1 is 1.29 bits per heavy atom. The number of rotatable bonds is 4. The van der Waals surface area contributed by atoms with E-state index in [4.69, 9.17) is 9.42 Å². The number of aromatic nitrogens is 2. The van der Waals surface area contributed by atoms with Gasteiger partial charge in [0.05, 0.1) is 5.71 Å². The monoisotopic (exact) mass is 300 g/mol. The molecule has 0 amide bonds. The first-order valence-corrected chi connectivity index (χ1v) is 9.42. The Hall–Kier alpha value is -1.88. The zero-order chi connectivity index (χ0) is 15.6. The number of hydrogen-bond donors (Lipinski definition) is 0. The third kappa shape index (κ3) is 3.82. The molecule has 0 aliphatic heterocycles. The van der Waals surface area contributed by atoms with Gasteiger partial charge in [0.25, 0.3) is 9.04 Å². The second-order valence-corrected chi connectivity index (χ2v) is 7.48. The largest absolute Gasteiger partial charge is 0.541 e. The third-order valence-corrected chi connectivity index (χ3v) is 3.83. The summed E-state index contributed by atoms with van der Waals surface area (Å²) >= 11 is 0. The van der Waals surface area contributed by atoms with E-state index in [-0.39, 0.29) is 0 Å². The molecule has 0 aliphatic rings. The average Bonchev–Trinajstić information content (AvgIpc) is 2.72. The molecule has 2 aromatic rings. The summed E-state index contributed by atoms with van der Waals surface area (Å²) in [6.45, 7) is 10.3. The summed E-state index contributed by atoms with van der Waals surface area (Å²) in [5.41, 5.74) is 3.85. The van der Waals surface area contributed by atoms with Crippen LogP contribution in [0.4, 0.5) is 5.69 Å². The maximum atomic E-state index is 5.96. The standard InChI is InChI=1S/C16H22N3OSi/c1-11-7-8-14(16(9-11)20-21(5)6)17-12(2)15-10-19(4)13(3)18-15/h7-10H,1-6H3. The molecule has 5 heteroatoms. The smallest absolute Gasteiger partial charge is 0.274 e. The van der Waals surface area contributed by atoms with Crippen LogP contribution in [0.1, 0.15) is 24.0 Å². The van der Waals surface area contributed by atoms with Crippen LogP contribution in [0.15, 0.2) is 29.4 Å². The van der Waals surface area contributed by atoms with Gasteiger partial charge in [0.15, 0.2) is 0 Å². The average molecular weight is 300 g/mol. The van der Waals surface area contributed by atoms with Crippen molar-refractivity contribution in [3.63, 3.8) is 0 Å². The van der Waals surface area contributed by atoms with Crippen LogP contribution in [0, 0.1) is 13.8 Å².